The van der Waals surface area contributed by atoms with Gasteiger partial charge >= 0.3 is 0 Å². The molecule has 2 rings (SSSR count). The Morgan fingerprint density at radius 1 is 1.20 bits per heavy atom. The molecule has 0 aliphatic heterocycles. The first kappa shape index (κ1) is 15.6. The quantitative estimate of drug-likeness (QED) is 0.759. The largest absolute Gasteiger partial charge is 0.310 e. The summed E-state index contributed by atoms with van der Waals surface area (Å²) in [6.45, 7) is 8.07. The Hall–Kier alpha value is -0.820. The maximum absolute atomic E-state index is 3.70. The van der Waals surface area contributed by atoms with Crippen LogP contribution >= 0.6 is 0 Å². The van der Waals surface area contributed by atoms with Gasteiger partial charge in [0.05, 0.1) is 0 Å². The van der Waals surface area contributed by atoms with Crippen molar-refractivity contribution in [2.45, 2.75) is 65.3 Å². The molecule has 3 unspecified atom stereocenters. The van der Waals surface area contributed by atoms with Gasteiger partial charge in [0.15, 0.2) is 0 Å². The molecule has 0 aromatic heterocycles. The molecule has 1 heteroatoms. The third kappa shape index (κ3) is 4.63. The number of hydrogen-bond acceptors (Lipinski definition) is 1. The second-order valence-corrected chi connectivity index (χ2v) is 6.70. The van der Waals surface area contributed by atoms with Gasteiger partial charge in [-0.25, -0.2) is 0 Å². The Morgan fingerprint density at radius 2 is 1.95 bits per heavy atom. The van der Waals surface area contributed by atoms with E-state index >= 15 is 0 Å². The smallest absolute Gasteiger partial charge is 0.0291 e. The normalized spacial score (nSPS) is 24.6. The first-order valence-corrected chi connectivity index (χ1v) is 8.51. The van der Waals surface area contributed by atoms with E-state index in [1.54, 1.807) is 0 Å². The number of benzene rings is 1. The molecule has 0 spiro atoms. The highest BCUT2D eigenvalue weighted by atomic mass is 14.9. The van der Waals surface area contributed by atoms with Crippen LogP contribution in [0.5, 0.6) is 0 Å². The average molecular weight is 273 g/mol. The number of hydrogen-bond donors (Lipinski definition) is 1. The summed E-state index contributed by atoms with van der Waals surface area (Å²) in [6.07, 6.45) is 8.26. The zero-order valence-corrected chi connectivity index (χ0v) is 13.5. The fourth-order valence-electron chi connectivity index (χ4n) is 3.49. The topological polar surface area (TPSA) is 12.0 Å². The Bertz CT molecular complexity index is 381. The standard InChI is InChI=1S/C19H31N/c1-4-17-8-10-19(11-9-17)16(3)20-13-12-18-7-5-6-15(2)14-18/h8-11,15-16,18,20H,4-7,12-14H2,1-3H3. The molecule has 3 atom stereocenters. The molecule has 0 bridgehead atoms. The third-order valence-corrected chi connectivity index (χ3v) is 4.94. The molecule has 1 fully saturated rings. The van der Waals surface area contributed by atoms with E-state index in [9.17, 15) is 0 Å². The molecule has 0 heterocycles. The second kappa shape index (κ2) is 7.83. The van der Waals surface area contributed by atoms with Crippen molar-refractivity contribution >= 4 is 0 Å². The summed E-state index contributed by atoms with van der Waals surface area (Å²) >= 11 is 0. The van der Waals surface area contributed by atoms with E-state index in [0.29, 0.717) is 6.04 Å². The van der Waals surface area contributed by atoms with Crippen molar-refractivity contribution in [2.24, 2.45) is 11.8 Å². The second-order valence-electron chi connectivity index (χ2n) is 6.70. The predicted molar refractivity (Wildman–Crippen MR) is 88.0 cm³/mol. The van der Waals surface area contributed by atoms with Gasteiger partial charge in [-0.2, -0.15) is 0 Å². The Morgan fingerprint density at radius 3 is 2.60 bits per heavy atom. The van der Waals surface area contributed by atoms with Gasteiger partial charge in [0.2, 0.25) is 0 Å². The zero-order valence-electron chi connectivity index (χ0n) is 13.5. The van der Waals surface area contributed by atoms with Crippen LogP contribution in [0.2, 0.25) is 0 Å². The van der Waals surface area contributed by atoms with Crippen molar-refractivity contribution < 1.29 is 0 Å². The molecule has 1 aliphatic carbocycles. The van der Waals surface area contributed by atoms with Crippen LogP contribution in [-0.2, 0) is 6.42 Å². The highest BCUT2D eigenvalue weighted by Crippen LogP contribution is 2.30. The van der Waals surface area contributed by atoms with Crippen molar-refractivity contribution in [3.63, 3.8) is 0 Å². The Balaban J connectivity index is 1.72. The predicted octanol–water partition coefficient (Wildman–Crippen LogP) is 5.12. The molecule has 20 heavy (non-hydrogen) atoms. The lowest BCUT2D eigenvalue weighted by Gasteiger charge is -2.27. The van der Waals surface area contributed by atoms with Crippen LogP contribution in [0.15, 0.2) is 24.3 Å². The van der Waals surface area contributed by atoms with E-state index < -0.39 is 0 Å². The van der Waals surface area contributed by atoms with Crippen LogP contribution in [0, 0.1) is 11.8 Å². The molecule has 0 amide bonds. The van der Waals surface area contributed by atoms with Gasteiger partial charge in [-0.15, -0.1) is 0 Å². The number of aryl methyl sites for hydroxylation is 1. The SMILES string of the molecule is CCc1ccc(C(C)NCCC2CCCC(C)C2)cc1. The van der Waals surface area contributed by atoms with E-state index in [4.69, 9.17) is 0 Å². The van der Waals surface area contributed by atoms with Crippen LogP contribution in [0.25, 0.3) is 0 Å². The number of nitrogens with one attached hydrogen (secondary N) is 1. The molecule has 112 valence electrons. The van der Waals surface area contributed by atoms with E-state index in [0.717, 1.165) is 24.8 Å². The molecule has 0 saturated heterocycles. The highest BCUT2D eigenvalue weighted by Gasteiger charge is 2.18. The van der Waals surface area contributed by atoms with Crippen LogP contribution < -0.4 is 5.32 Å². The van der Waals surface area contributed by atoms with Crippen molar-refractivity contribution in [3.05, 3.63) is 35.4 Å². The van der Waals surface area contributed by atoms with Gasteiger partial charge in [-0.05, 0) is 55.7 Å². The summed E-state index contributed by atoms with van der Waals surface area (Å²) in [6, 6.07) is 9.55. The molecular formula is C19H31N. The van der Waals surface area contributed by atoms with Gasteiger partial charge in [0, 0.05) is 6.04 Å². The zero-order chi connectivity index (χ0) is 14.4. The maximum Gasteiger partial charge on any atom is 0.0291 e. The monoisotopic (exact) mass is 273 g/mol. The minimum atomic E-state index is 0.474. The molecule has 1 aromatic carbocycles. The van der Waals surface area contributed by atoms with E-state index in [1.165, 1.54) is 43.2 Å². The lowest BCUT2D eigenvalue weighted by atomic mass is 9.81. The Kier molecular flexibility index (Phi) is 6.09. The number of rotatable bonds is 6. The summed E-state index contributed by atoms with van der Waals surface area (Å²) in [7, 11) is 0. The first-order valence-electron chi connectivity index (χ1n) is 8.51. The maximum atomic E-state index is 3.70. The van der Waals surface area contributed by atoms with Gasteiger partial charge in [0.25, 0.3) is 0 Å². The molecule has 1 aromatic rings. The summed E-state index contributed by atoms with van der Waals surface area (Å²) in [5.41, 5.74) is 2.84. The van der Waals surface area contributed by atoms with Crippen molar-refractivity contribution in [1.82, 2.24) is 5.32 Å². The van der Waals surface area contributed by atoms with E-state index in [2.05, 4.69) is 50.4 Å². The molecule has 1 aliphatic rings. The molecule has 1 saturated carbocycles. The minimum Gasteiger partial charge on any atom is -0.310 e. The average Bonchev–Trinajstić information content (AvgIpc) is 2.47. The van der Waals surface area contributed by atoms with Crippen LogP contribution in [-0.4, -0.2) is 6.54 Å². The van der Waals surface area contributed by atoms with Crippen LogP contribution in [0.1, 0.15) is 70.0 Å². The first-order chi connectivity index (χ1) is 9.69. The summed E-state index contributed by atoms with van der Waals surface area (Å²) in [4.78, 5) is 0. The minimum absolute atomic E-state index is 0.474. The van der Waals surface area contributed by atoms with Gasteiger partial charge < -0.3 is 5.32 Å². The van der Waals surface area contributed by atoms with Crippen molar-refractivity contribution in [1.29, 1.82) is 0 Å². The lowest BCUT2D eigenvalue weighted by Crippen LogP contribution is -2.23. The molecular weight excluding hydrogens is 242 g/mol. The molecule has 1 N–H and O–H groups in total. The fourth-order valence-corrected chi connectivity index (χ4v) is 3.49. The molecule has 1 nitrogen and oxygen atoms in total. The summed E-state index contributed by atoms with van der Waals surface area (Å²) in [5, 5.41) is 3.70. The lowest BCUT2D eigenvalue weighted by molar-refractivity contribution is 0.265. The van der Waals surface area contributed by atoms with Gasteiger partial charge in [-0.1, -0.05) is 57.4 Å². The highest BCUT2D eigenvalue weighted by molar-refractivity contribution is 5.24. The summed E-state index contributed by atoms with van der Waals surface area (Å²) in [5.74, 6) is 1.91. The van der Waals surface area contributed by atoms with Crippen molar-refractivity contribution in [3.8, 4) is 0 Å². The Labute approximate surface area is 125 Å². The van der Waals surface area contributed by atoms with E-state index in [-0.39, 0.29) is 0 Å². The van der Waals surface area contributed by atoms with Crippen LogP contribution in [0.3, 0.4) is 0 Å². The van der Waals surface area contributed by atoms with E-state index in [1.807, 2.05) is 0 Å². The summed E-state index contributed by atoms with van der Waals surface area (Å²) < 4.78 is 0. The third-order valence-electron chi connectivity index (χ3n) is 4.94. The van der Waals surface area contributed by atoms with Gasteiger partial charge in [0.1, 0.15) is 0 Å². The van der Waals surface area contributed by atoms with Crippen molar-refractivity contribution in [2.75, 3.05) is 6.54 Å². The fraction of sp³-hybridized carbons (Fsp3) is 0.684. The van der Waals surface area contributed by atoms with Gasteiger partial charge in [-0.3, -0.25) is 0 Å². The molecule has 0 radical (unpaired) electrons. The van der Waals surface area contributed by atoms with Crippen LogP contribution in [0.4, 0.5) is 0 Å².